The van der Waals surface area contributed by atoms with Crippen molar-refractivity contribution < 1.29 is 19.4 Å². The van der Waals surface area contributed by atoms with E-state index in [0.717, 1.165) is 30.6 Å². The molecule has 0 radical (unpaired) electrons. The third kappa shape index (κ3) is 3.96. The summed E-state index contributed by atoms with van der Waals surface area (Å²) in [4.78, 5) is 15.4. The van der Waals surface area contributed by atoms with Gasteiger partial charge in [-0.15, -0.1) is 0 Å². The summed E-state index contributed by atoms with van der Waals surface area (Å²) in [6.07, 6.45) is 3.61. The van der Waals surface area contributed by atoms with Gasteiger partial charge in [0.1, 0.15) is 12.4 Å². The molecule has 1 aliphatic carbocycles. The summed E-state index contributed by atoms with van der Waals surface area (Å²) in [7, 11) is 0. The van der Waals surface area contributed by atoms with Crippen molar-refractivity contribution in [2.24, 2.45) is 0 Å². The molecule has 186 valence electrons. The number of hydrogen-bond donors (Lipinski definition) is 1. The maximum atomic E-state index is 13.5. The maximum absolute atomic E-state index is 13.5. The molecule has 5 nitrogen and oxygen atoms in total. The van der Waals surface area contributed by atoms with Crippen molar-refractivity contribution in [1.29, 1.82) is 0 Å². The van der Waals surface area contributed by atoms with Crippen LogP contribution in [0, 0.1) is 0 Å². The van der Waals surface area contributed by atoms with Crippen molar-refractivity contribution in [3.05, 3.63) is 89.5 Å². The molecule has 2 fully saturated rings. The van der Waals surface area contributed by atoms with Crippen molar-refractivity contribution >= 4 is 6.09 Å². The number of aliphatic hydroxyl groups is 1. The molecule has 2 atom stereocenters. The fourth-order valence-electron chi connectivity index (χ4n) is 6.67. The van der Waals surface area contributed by atoms with E-state index in [4.69, 9.17) is 9.47 Å². The minimum Gasteiger partial charge on any atom is -0.494 e. The second-order valence-corrected chi connectivity index (χ2v) is 10.4. The zero-order chi connectivity index (χ0) is 24.7. The van der Waals surface area contributed by atoms with Gasteiger partial charge in [0.25, 0.3) is 0 Å². The van der Waals surface area contributed by atoms with E-state index in [-0.39, 0.29) is 24.1 Å². The Morgan fingerprint density at radius 1 is 0.944 bits per heavy atom. The molecular weight excluding hydrogens is 450 g/mol. The summed E-state index contributed by atoms with van der Waals surface area (Å²) in [5.74, 6) is 0.816. The monoisotopic (exact) mass is 483 g/mol. The number of piperidine rings is 2. The van der Waals surface area contributed by atoms with Crippen LogP contribution in [-0.4, -0.2) is 41.4 Å². The SMILES string of the molecule is CCOc1cccc(C2(O)CC3CCCC(C2)N3C(=O)OCC2c3ccccc3-c3ccccc32)c1. The molecule has 3 aromatic carbocycles. The number of benzene rings is 3. The minimum atomic E-state index is -0.969. The van der Waals surface area contributed by atoms with Crippen molar-refractivity contribution in [2.75, 3.05) is 13.2 Å². The molecule has 2 bridgehead atoms. The van der Waals surface area contributed by atoms with Gasteiger partial charge in [-0.1, -0.05) is 60.7 Å². The van der Waals surface area contributed by atoms with Gasteiger partial charge >= 0.3 is 6.09 Å². The number of hydrogen-bond acceptors (Lipinski definition) is 4. The van der Waals surface area contributed by atoms with Gasteiger partial charge in [0.2, 0.25) is 0 Å². The number of ether oxygens (including phenoxy) is 2. The van der Waals surface area contributed by atoms with Crippen LogP contribution >= 0.6 is 0 Å². The predicted molar refractivity (Wildman–Crippen MR) is 139 cm³/mol. The molecule has 1 N–H and O–H groups in total. The van der Waals surface area contributed by atoms with Crippen LogP contribution in [0.15, 0.2) is 72.8 Å². The minimum absolute atomic E-state index is 0.0334. The molecule has 1 amide bonds. The van der Waals surface area contributed by atoms with E-state index in [2.05, 4.69) is 48.5 Å². The molecule has 36 heavy (non-hydrogen) atoms. The lowest BCUT2D eigenvalue weighted by Crippen LogP contribution is -2.59. The molecule has 2 unspecified atom stereocenters. The van der Waals surface area contributed by atoms with Gasteiger partial charge in [0.05, 0.1) is 12.2 Å². The average molecular weight is 484 g/mol. The summed E-state index contributed by atoms with van der Waals surface area (Å²) < 4.78 is 11.7. The van der Waals surface area contributed by atoms with Crippen LogP contribution in [0.3, 0.4) is 0 Å². The van der Waals surface area contributed by atoms with E-state index >= 15 is 0 Å². The van der Waals surface area contributed by atoms with Gasteiger partial charge in [0.15, 0.2) is 0 Å². The van der Waals surface area contributed by atoms with E-state index in [9.17, 15) is 9.90 Å². The van der Waals surface area contributed by atoms with Crippen LogP contribution in [0.4, 0.5) is 4.79 Å². The Labute approximate surface area is 212 Å². The fourth-order valence-corrected chi connectivity index (χ4v) is 6.67. The molecule has 0 saturated carbocycles. The van der Waals surface area contributed by atoms with Crippen LogP contribution in [0.1, 0.15) is 61.6 Å². The summed E-state index contributed by atoms with van der Waals surface area (Å²) in [5, 5.41) is 11.7. The van der Waals surface area contributed by atoms with Crippen LogP contribution in [0.2, 0.25) is 0 Å². The standard InChI is InChI=1S/C31H33NO4/c1-2-35-24-12-7-9-21(17-24)31(34)18-22-10-8-11-23(19-31)32(22)30(33)36-20-29-27-15-5-3-13-25(27)26-14-4-6-16-28(26)29/h3-7,9,12-17,22-23,29,34H,2,8,10-11,18-20H2,1H3. The molecule has 0 spiro atoms. The van der Waals surface area contributed by atoms with Gasteiger partial charge in [-0.05, 0) is 66.1 Å². The van der Waals surface area contributed by atoms with Crippen molar-refractivity contribution in [1.82, 2.24) is 4.90 Å². The third-order valence-corrected chi connectivity index (χ3v) is 8.24. The van der Waals surface area contributed by atoms with Gasteiger partial charge in [-0.3, -0.25) is 0 Å². The van der Waals surface area contributed by atoms with Crippen molar-refractivity contribution in [2.45, 2.75) is 62.6 Å². The number of fused-ring (bicyclic) bond motifs is 5. The zero-order valence-electron chi connectivity index (χ0n) is 20.7. The molecule has 3 aliphatic rings. The summed E-state index contributed by atoms with van der Waals surface area (Å²) in [5.41, 5.74) is 4.79. The number of rotatable bonds is 5. The first kappa shape index (κ1) is 23.1. The van der Waals surface area contributed by atoms with Crippen LogP contribution in [0.5, 0.6) is 5.75 Å². The molecule has 2 saturated heterocycles. The molecule has 2 heterocycles. The topological polar surface area (TPSA) is 59.0 Å². The second-order valence-electron chi connectivity index (χ2n) is 10.4. The van der Waals surface area contributed by atoms with Gasteiger partial charge in [-0.25, -0.2) is 4.79 Å². The lowest BCUT2D eigenvalue weighted by Gasteiger charge is -2.51. The first-order valence-electron chi connectivity index (χ1n) is 13.2. The lowest BCUT2D eigenvalue weighted by atomic mass is 9.72. The predicted octanol–water partition coefficient (Wildman–Crippen LogP) is 6.24. The highest BCUT2D eigenvalue weighted by Crippen LogP contribution is 2.47. The normalized spacial score (nSPS) is 24.7. The van der Waals surface area contributed by atoms with E-state index in [1.165, 1.54) is 22.3 Å². The molecular formula is C31H33NO4. The third-order valence-electron chi connectivity index (χ3n) is 8.24. The highest BCUT2D eigenvalue weighted by molar-refractivity contribution is 5.79. The van der Waals surface area contributed by atoms with E-state index in [1.807, 2.05) is 36.1 Å². The highest BCUT2D eigenvalue weighted by atomic mass is 16.6. The van der Waals surface area contributed by atoms with E-state index < -0.39 is 5.60 Å². The Morgan fingerprint density at radius 3 is 2.22 bits per heavy atom. The number of amides is 1. The van der Waals surface area contributed by atoms with Crippen molar-refractivity contribution in [3.63, 3.8) is 0 Å². The largest absolute Gasteiger partial charge is 0.494 e. The maximum Gasteiger partial charge on any atom is 0.410 e. The highest BCUT2D eigenvalue weighted by Gasteiger charge is 2.49. The van der Waals surface area contributed by atoms with Crippen LogP contribution in [-0.2, 0) is 10.3 Å². The summed E-state index contributed by atoms with van der Waals surface area (Å²) >= 11 is 0. The van der Waals surface area contributed by atoms with Gasteiger partial charge < -0.3 is 19.5 Å². The molecule has 3 aromatic rings. The Balaban J connectivity index is 1.19. The zero-order valence-corrected chi connectivity index (χ0v) is 20.7. The average Bonchev–Trinajstić information content (AvgIpc) is 3.21. The molecule has 6 rings (SSSR count). The summed E-state index contributed by atoms with van der Waals surface area (Å²) in [6.45, 7) is 2.87. The van der Waals surface area contributed by atoms with E-state index in [0.29, 0.717) is 26.1 Å². The first-order valence-corrected chi connectivity index (χ1v) is 13.2. The van der Waals surface area contributed by atoms with Crippen molar-refractivity contribution in [3.8, 4) is 16.9 Å². The number of carbonyl (C=O) groups is 1. The smallest absolute Gasteiger partial charge is 0.410 e. The Hall–Kier alpha value is -3.31. The Morgan fingerprint density at radius 2 is 1.58 bits per heavy atom. The Bertz CT molecular complexity index is 1210. The quantitative estimate of drug-likeness (QED) is 0.467. The Kier molecular flexibility index (Phi) is 5.96. The number of nitrogens with zero attached hydrogens (tertiary/aromatic N) is 1. The molecule has 2 aliphatic heterocycles. The van der Waals surface area contributed by atoms with E-state index in [1.54, 1.807) is 0 Å². The van der Waals surface area contributed by atoms with Crippen LogP contribution in [0.25, 0.3) is 11.1 Å². The second kappa shape index (κ2) is 9.29. The summed E-state index contributed by atoms with van der Waals surface area (Å²) in [6, 6.07) is 24.5. The molecule has 5 heteroatoms. The van der Waals surface area contributed by atoms with Gasteiger partial charge in [0, 0.05) is 30.8 Å². The number of carbonyl (C=O) groups excluding carboxylic acids is 1. The lowest BCUT2D eigenvalue weighted by molar-refractivity contribution is -0.0891. The van der Waals surface area contributed by atoms with Crippen LogP contribution < -0.4 is 4.74 Å². The molecule has 0 aromatic heterocycles. The first-order chi connectivity index (χ1) is 17.6. The van der Waals surface area contributed by atoms with Gasteiger partial charge in [-0.2, -0.15) is 0 Å². The fraction of sp³-hybridized carbons (Fsp3) is 0.387.